The fourth-order valence-electron chi connectivity index (χ4n) is 3.41. The van der Waals surface area contributed by atoms with E-state index < -0.39 is 0 Å². The Bertz CT molecular complexity index is 500. The molecule has 4 heterocycles. The monoisotopic (exact) mass is 461 g/mol. The molecular formula is C18H32IN5O. The number of rotatable bonds is 8. The molecule has 1 aromatic heterocycles. The molecule has 1 unspecified atom stereocenters. The first-order valence-corrected chi connectivity index (χ1v) is 9.36. The van der Waals surface area contributed by atoms with Gasteiger partial charge in [-0.15, -0.1) is 24.0 Å². The molecule has 3 saturated heterocycles. The summed E-state index contributed by atoms with van der Waals surface area (Å²) in [5, 5.41) is 6.91. The number of nitrogens with one attached hydrogen (secondary N) is 2. The third-order valence-corrected chi connectivity index (χ3v) is 4.92. The maximum atomic E-state index is 5.39. The summed E-state index contributed by atoms with van der Waals surface area (Å²) < 4.78 is 5.39. The summed E-state index contributed by atoms with van der Waals surface area (Å²) in [4.78, 5) is 10.0. The molecule has 0 aliphatic carbocycles. The van der Waals surface area contributed by atoms with Gasteiger partial charge in [0, 0.05) is 58.3 Å². The Balaban J connectivity index is 0.00000225. The minimum Gasteiger partial charge on any atom is -0.469 e. The minimum atomic E-state index is 0. The Kier molecular flexibility index (Phi) is 9.05. The Labute approximate surface area is 168 Å². The Morgan fingerprint density at radius 3 is 2.68 bits per heavy atom. The Morgan fingerprint density at radius 2 is 2.04 bits per heavy atom. The van der Waals surface area contributed by atoms with E-state index in [1.807, 2.05) is 12.1 Å². The van der Waals surface area contributed by atoms with E-state index in [0.29, 0.717) is 6.04 Å². The van der Waals surface area contributed by atoms with Gasteiger partial charge in [-0.3, -0.25) is 14.8 Å². The number of nitrogens with zero attached hydrogens (tertiary/aromatic N) is 3. The van der Waals surface area contributed by atoms with Crippen LogP contribution in [0.15, 0.2) is 27.8 Å². The molecule has 6 nitrogen and oxygen atoms in total. The quantitative estimate of drug-likeness (QED) is 0.268. The van der Waals surface area contributed by atoms with Crippen molar-refractivity contribution in [2.24, 2.45) is 4.99 Å². The van der Waals surface area contributed by atoms with Gasteiger partial charge < -0.3 is 15.1 Å². The zero-order valence-electron chi connectivity index (χ0n) is 15.2. The lowest BCUT2D eigenvalue weighted by Gasteiger charge is -2.47. The summed E-state index contributed by atoms with van der Waals surface area (Å²) in [5.74, 6) is 1.95. The van der Waals surface area contributed by atoms with Crippen LogP contribution in [0.5, 0.6) is 0 Å². The summed E-state index contributed by atoms with van der Waals surface area (Å²) in [6.45, 7) is 10.9. The SMILES string of the molecule is CCCCNC(=NCC1CN2CCN1CC2)NCCc1ccco1.I. The fraction of sp³-hybridized carbons (Fsp3) is 0.722. The van der Waals surface area contributed by atoms with E-state index in [1.165, 1.54) is 39.0 Å². The van der Waals surface area contributed by atoms with Crippen molar-refractivity contribution >= 4 is 29.9 Å². The number of halogens is 1. The Morgan fingerprint density at radius 1 is 1.24 bits per heavy atom. The van der Waals surface area contributed by atoms with Crippen LogP contribution in [0.1, 0.15) is 25.5 Å². The summed E-state index contributed by atoms with van der Waals surface area (Å²) >= 11 is 0. The predicted molar refractivity (Wildman–Crippen MR) is 113 cm³/mol. The normalized spacial score (nSPS) is 25.5. The number of fused-ring (bicyclic) bond motifs is 3. The summed E-state index contributed by atoms with van der Waals surface area (Å²) in [7, 11) is 0. The van der Waals surface area contributed by atoms with Crippen molar-refractivity contribution in [1.29, 1.82) is 0 Å². The van der Waals surface area contributed by atoms with Crippen molar-refractivity contribution in [2.75, 3.05) is 52.4 Å². The molecule has 3 aliphatic heterocycles. The van der Waals surface area contributed by atoms with E-state index in [9.17, 15) is 0 Å². The van der Waals surface area contributed by atoms with E-state index in [1.54, 1.807) is 6.26 Å². The summed E-state index contributed by atoms with van der Waals surface area (Å²) in [6, 6.07) is 4.53. The van der Waals surface area contributed by atoms with Crippen molar-refractivity contribution in [3.63, 3.8) is 0 Å². The van der Waals surface area contributed by atoms with E-state index in [-0.39, 0.29) is 24.0 Å². The molecule has 142 valence electrons. The molecule has 3 aliphatic rings. The maximum Gasteiger partial charge on any atom is 0.191 e. The second kappa shape index (κ2) is 11.0. The van der Waals surface area contributed by atoms with Crippen molar-refractivity contribution in [3.8, 4) is 0 Å². The molecule has 2 bridgehead atoms. The topological polar surface area (TPSA) is 56.0 Å². The summed E-state index contributed by atoms with van der Waals surface area (Å²) in [6.07, 6.45) is 4.97. The van der Waals surface area contributed by atoms with Gasteiger partial charge in [-0.2, -0.15) is 0 Å². The molecule has 0 aromatic carbocycles. The van der Waals surface area contributed by atoms with Crippen LogP contribution >= 0.6 is 24.0 Å². The summed E-state index contributed by atoms with van der Waals surface area (Å²) in [5.41, 5.74) is 0. The number of piperazine rings is 3. The van der Waals surface area contributed by atoms with Gasteiger partial charge in [0.25, 0.3) is 0 Å². The van der Waals surface area contributed by atoms with Crippen LogP contribution in [0.25, 0.3) is 0 Å². The predicted octanol–water partition coefficient (Wildman–Crippen LogP) is 1.78. The smallest absolute Gasteiger partial charge is 0.191 e. The van der Waals surface area contributed by atoms with Crippen molar-refractivity contribution < 1.29 is 4.42 Å². The molecule has 3 fully saturated rings. The average Bonchev–Trinajstić information content (AvgIpc) is 3.14. The molecule has 1 aromatic rings. The molecular weight excluding hydrogens is 429 g/mol. The van der Waals surface area contributed by atoms with Gasteiger partial charge in [-0.25, -0.2) is 0 Å². The number of furan rings is 1. The van der Waals surface area contributed by atoms with Crippen LogP contribution in [0.2, 0.25) is 0 Å². The highest BCUT2D eigenvalue weighted by Gasteiger charge is 2.31. The molecule has 0 spiro atoms. The first kappa shape index (κ1) is 20.5. The van der Waals surface area contributed by atoms with E-state index in [0.717, 1.165) is 44.3 Å². The molecule has 7 heteroatoms. The highest BCUT2D eigenvalue weighted by atomic mass is 127. The van der Waals surface area contributed by atoms with Gasteiger partial charge >= 0.3 is 0 Å². The molecule has 25 heavy (non-hydrogen) atoms. The lowest BCUT2D eigenvalue weighted by Crippen LogP contribution is -2.62. The molecule has 2 N–H and O–H groups in total. The van der Waals surface area contributed by atoms with Crippen LogP contribution < -0.4 is 10.6 Å². The van der Waals surface area contributed by atoms with Crippen LogP contribution in [0.4, 0.5) is 0 Å². The largest absolute Gasteiger partial charge is 0.469 e. The van der Waals surface area contributed by atoms with Crippen molar-refractivity contribution in [1.82, 2.24) is 20.4 Å². The van der Waals surface area contributed by atoms with Gasteiger partial charge in [0.05, 0.1) is 12.8 Å². The molecule has 0 radical (unpaired) electrons. The lowest BCUT2D eigenvalue weighted by molar-refractivity contribution is 0.0174. The fourth-order valence-corrected chi connectivity index (χ4v) is 3.41. The average molecular weight is 461 g/mol. The van der Waals surface area contributed by atoms with E-state index in [4.69, 9.17) is 9.41 Å². The maximum absolute atomic E-state index is 5.39. The highest BCUT2D eigenvalue weighted by Crippen LogP contribution is 2.15. The van der Waals surface area contributed by atoms with Gasteiger partial charge in [0.1, 0.15) is 5.76 Å². The number of guanidine groups is 1. The van der Waals surface area contributed by atoms with Crippen LogP contribution in [0, 0.1) is 0 Å². The first-order chi connectivity index (χ1) is 11.8. The molecule has 1 atom stereocenters. The number of hydrogen-bond acceptors (Lipinski definition) is 4. The minimum absolute atomic E-state index is 0. The molecule has 0 amide bonds. The van der Waals surface area contributed by atoms with Gasteiger partial charge in [-0.05, 0) is 18.6 Å². The molecule has 4 rings (SSSR count). The van der Waals surface area contributed by atoms with Crippen LogP contribution in [-0.4, -0.2) is 74.2 Å². The zero-order chi connectivity index (χ0) is 16.6. The first-order valence-electron chi connectivity index (χ1n) is 9.36. The van der Waals surface area contributed by atoms with Crippen LogP contribution in [0.3, 0.4) is 0 Å². The molecule has 0 saturated carbocycles. The standard InChI is InChI=1S/C18H31N5O.HI/c1-2-3-7-19-18(20-8-6-17-5-4-13-24-17)21-14-16-15-22-9-11-23(16)12-10-22;/h4-5,13,16H,2-3,6-12,14-15H2,1H3,(H2,19,20,21);1H. The number of aliphatic imine (C=N–C) groups is 1. The number of unbranched alkanes of at least 4 members (excludes halogenated alkanes) is 1. The Hall–Kier alpha value is -0.800. The van der Waals surface area contributed by atoms with Crippen molar-refractivity contribution in [3.05, 3.63) is 24.2 Å². The zero-order valence-corrected chi connectivity index (χ0v) is 17.6. The van der Waals surface area contributed by atoms with E-state index in [2.05, 4.69) is 27.4 Å². The van der Waals surface area contributed by atoms with Gasteiger partial charge in [0.15, 0.2) is 5.96 Å². The second-order valence-electron chi connectivity index (χ2n) is 6.72. The third-order valence-electron chi connectivity index (χ3n) is 4.92. The lowest BCUT2D eigenvalue weighted by atomic mass is 10.1. The van der Waals surface area contributed by atoms with Crippen LogP contribution in [-0.2, 0) is 6.42 Å². The highest BCUT2D eigenvalue weighted by molar-refractivity contribution is 14.0. The van der Waals surface area contributed by atoms with Gasteiger partial charge in [0.2, 0.25) is 0 Å². The van der Waals surface area contributed by atoms with Crippen molar-refractivity contribution in [2.45, 2.75) is 32.2 Å². The number of hydrogen-bond donors (Lipinski definition) is 2. The van der Waals surface area contributed by atoms with Gasteiger partial charge in [-0.1, -0.05) is 13.3 Å². The second-order valence-corrected chi connectivity index (χ2v) is 6.72. The third kappa shape index (κ3) is 6.45. The van der Waals surface area contributed by atoms with E-state index >= 15 is 0 Å².